The number of unbranched alkanes of at least 4 members (excludes halogenated alkanes) is 1. The van der Waals surface area contributed by atoms with Crippen molar-refractivity contribution in [2.24, 2.45) is 5.73 Å². The van der Waals surface area contributed by atoms with Crippen LogP contribution in [0.25, 0.3) is 0 Å². The van der Waals surface area contributed by atoms with E-state index in [1.165, 1.54) is 5.69 Å². The molecule has 0 aliphatic heterocycles. The molecule has 0 amide bonds. The average molecular weight is 177 g/mol. The average Bonchev–Trinajstić information content (AvgIpc) is 2.54. The van der Waals surface area contributed by atoms with Crippen LogP contribution in [0.3, 0.4) is 0 Å². The number of aryl methyl sites for hydroxylation is 1. The maximum atomic E-state index is 8.39. The molecule has 13 heavy (non-hydrogen) atoms. The first-order valence-electron chi connectivity index (χ1n) is 4.59. The smallest absolute Gasteiger partial charge is 0.0622 e. The van der Waals surface area contributed by atoms with Crippen LogP contribution < -0.4 is 5.73 Å². The summed E-state index contributed by atoms with van der Waals surface area (Å²) in [7, 11) is 0. The topological polar surface area (TPSA) is 54.7 Å². The minimum absolute atomic E-state index is 0.625. The van der Waals surface area contributed by atoms with Gasteiger partial charge in [0.1, 0.15) is 0 Å². The fourth-order valence-electron chi connectivity index (χ4n) is 1.37. The Morgan fingerprint density at radius 2 is 2.38 bits per heavy atom. The molecule has 0 aliphatic rings. The first-order valence-corrected chi connectivity index (χ1v) is 4.59. The van der Waals surface area contributed by atoms with Gasteiger partial charge >= 0.3 is 0 Å². The molecule has 0 bridgehead atoms. The summed E-state index contributed by atoms with van der Waals surface area (Å²) in [6.45, 7) is 1.61. The summed E-state index contributed by atoms with van der Waals surface area (Å²) in [6.07, 6.45) is 4.50. The molecule has 0 saturated heterocycles. The maximum Gasteiger partial charge on any atom is 0.0622 e. The van der Waals surface area contributed by atoms with E-state index in [1.54, 1.807) is 0 Å². The van der Waals surface area contributed by atoms with Crippen LogP contribution in [0.2, 0.25) is 0 Å². The van der Waals surface area contributed by atoms with Crippen molar-refractivity contribution < 1.29 is 0 Å². The Morgan fingerprint density at radius 1 is 1.54 bits per heavy atom. The van der Waals surface area contributed by atoms with Crippen molar-refractivity contribution in [3.8, 4) is 6.07 Å². The highest BCUT2D eigenvalue weighted by Crippen LogP contribution is 2.04. The van der Waals surface area contributed by atoms with E-state index in [2.05, 4.69) is 16.7 Å². The van der Waals surface area contributed by atoms with Crippen LogP contribution in [-0.4, -0.2) is 11.1 Å². The van der Waals surface area contributed by atoms with E-state index in [0.29, 0.717) is 13.0 Å². The first-order chi connectivity index (χ1) is 6.38. The van der Waals surface area contributed by atoms with Crippen molar-refractivity contribution in [2.45, 2.75) is 25.8 Å². The molecule has 1 heterocycles. The van der Waals surface area contributed by atoms with Crippen molar-refractivity contribution in [1.82, 2.24) is 4.57 Å². The molecular weight excluding hydrogens is 162 g/mol. The molecule has 0 spiro atoms. The van der Waals surface area contributed by atoms with Crippen LogP contribution in [0.4, 0.5) is 0 Å². The molecule has 0 aromatic carbocycles. The van der Waals surface area contributed by atoms with Gasteiger partial charge in [0.2, 0.25) is 0 Å². The Hall–Kier alpha value is -1.27. The van der Waals surface area contributed by atoms with Gasteiger partial charge < -0.3 is 10.3 Å². The van der Waals surface area contributed by atoms with Gasteiger partial charge in [-0.1, -0.05) is 0 Å². The molecule has 0 radical (unpaired) electrons. The predicted molar refractivity (Wildman–Crippen MR) is 52.0 cm³/mol. The van der Waals surface area contributed by atoms with Crippen molar-refractivity contribution in [2.75, 3.05) is 6.54 Å². The van der Waals surface area contributed by atoms with Crippen LogP contribution in [0, 0.1) is 11.3 Å². The van der Waals surface area contributed by atoms with Crippen LogP contribution in [0.1, 0.15) is 18.5 Å². The predicted octanol–water partition coefficient (Wildman–Crippen LogP) is 1.29. The molecule has 0 saturated carbocycles. The van der Waals surface area contributed by atoms with Gasteiger partial charge in [-0.05, 0) is 31.5 Å². The van der Waals surface area contributed by atoms with Gasteiger partial charge in [-0.2, -0.15) is 5.26 Å². The molecule has 3 heteroatoms. The zero-order valence-corrected chi connectivity index (χ0v) is 7.74. The molecule has 3 nitrogen and oxygen atoms in total. The number of aromatic nitrogens is 1. The van der Waals surface area contributed by atoms with Crippen molar-refractivity contribution in [1.29, 1.82) is 5.26 Å². The molecule has 1 aromatic heterocycles. The van der Waals surface area contributed by atoms with E-state index in [4.69, 9.17) is 11.0 Å². The van der Waals surface area contributed by atoms with Crippen LogP contribution in [0.15, 0.2) is 18.3 Å². The van der Waals surface area contributed by atoms with E-state index in [0.717, 1.165) is 19.4 Å². The summed E-state index contributed by atoms with van der Waals surface area (Å²) in [5.41, 5.74) is 6.74. The number of rotatable bonds is 5. The summed E-state index contributed by atoms with van der Waals surface area (Å²) in [4.78, 5) is 0. The number of hydrogen-bond acceptors (Lipinski definition) is 2. The molecule has 0 unspecified atom stereocenters. The second-order valence-electron chi connectivity index (χ2n) is 2.99. The summed E-state index contributed by atoms with van der Waals surface area (Å²) >= 11 is 0. The van der Waals surface area contributed by atoms with E-state index >= 15 is 0 Å². The second-order valence-corrected chi connectivity index (χ2v) is 2.99. The normalized spacial score (nSPS) is 9.85. The Kier molecular flexibility index (Phi) is 4.07. The SMILES string of the molecule is N#CCCCn1cccc1CCN. The quantitative estimate of drug-likeness (QED) is 0.689. The lowest BCUT2D eigenvalue weighted by Crippen LogP contribution is -2.08. The molecule has 70 valence electrons. The summed E-state index contributed by atoms with van der Waals surface area (Å²) in [5.74, 6) is 0. The molecule has 0 atom stereocenters. The summed E-state index contributed by atoms with van der Waals surface area (Å²) in [5, 5.41) is 8.39. The third-order valence-corrected chi connectivity index (χ3v) is 2.01. The third-order valence-electron chi connectivity index (χ3n) is 2.01. The van der Waals surface area contributed by atoms with E-state index in [1.807, 2.05) is 12.3 Å². The van der Waals surface area contributed by atoms with Crippen molar-refractivity contribution in [3.63, 3.8) is 0 Å². The zero-order chi connectivity index (χ0) is 9.52. The Morgan fingerprint density at radius 3 is 3.08 bits per heavy atom. The number of nitrogens with zero attached hydrogens (tertiary/aromatic N) is 2. The summed E-state index contributed by atoms with van der Waals surface area (Å²) in [6, 6.07) is 6.25. The lowest BCUT2D eigenvalue weighted by Gasteiger charge is -2.06. The van der Waals surface area contributed by atoms with Gasteiger partial charge in [0.15, 0.2) is 0 Å². The molecule has 2 N–H and O–H groups in total. The fourth-order valence-corrected chi connectivity index (χ4v) is 1.37. The molecule has 1 aromatic rings. The van der Waals surface area contributed by atoms with E-state index in [-0.39, 0.29) is 0 Å². The Balaban J connectivity index is 2.46. The Bertz CT molecular complexity index is 283. The fraction of sp³-hybridized carbons (Fsp3) is 0.500. The van der Waals surface area contributed by atoms with E-state index in [9.17, 15) is 0 Å². The molecular formula is C10H15N3. The second kappa shape index (κ2) is 5.39. The monoisotopic (exact) mass is 177 g/mol. The lowest BCUT2D eigenvalue weighted by atomic mass is 10.3. The van der Waals surface area contributed by atoms with Crippen LogP contribution >= 0.6 is 0 Å². The Labute approximate surface area is 78.8 Å². The van der Waals surface area contributed by atoms with Crippen LogP contribution in [-0.2, 0) is 13.0 Å². The summed E-state index contributed by atoms with van der Waals surface area (Å²) < 4.78 is 2.17. The molecule has 1 rings (SSSR count). The van der Waals surface area contributed by atoms with Crippen molar-refractivity contribution >= 4 is 0 Å². The van der Waals surface area contributed by atoms with E-state index < -0.39 is 0 Å². The van der Waals surface area contributed by atoms with Gasteiger partial charge in [0.25, 0.3) is 0 Å². The van der Waals surface area contributed by atoms with Gasteiger partial charge in [-0.25, -0.2) is 0 Å². The minimum Gasteiger partial charge on any atom is -0.351 e. The third kappa shape index (κ3) is 2.92. The van der Waals surface area contributed by atoms with Gasteiger partial charge in [0, 0.05) is 24.9 Å². The van der Waals surface area contributed by atoms with Gasteiger partial charge in [-0.15, -0.1) is 0 Å². The van der Waals surface area contributed by atoms with Crippen molar-refractivity contribution in [3.05, 3.63) is 24.0 Å². The number of nitrogens with two attached hydrogens (primary N) is 1. The standard InChI is InChI=1S/C10H15N3/c11-6-1-2-8-13-9-3-4-10(13)5-7-12/h3-4,9H,1-2,5,7-8,12H2. The number of hydrogen-bond donors (Lipinski definition) is 1. The van der Waals surface area contributed by atoms with Crippen LogP contribution in [0.5, 0.6) is 0 Å². The highest BCUT2D eigenvalue weighted by molar-refractivity contribution is 5.07. The highest BCUT2D eigenvalue weighted by atomic mass is 15.0. The lowest BCUT2D eigenvalue weighted by molar-refractivity contribution is 0.627. The minimum atomic E-state index is 0.625. The zero-order valence-electron chi connectivity index (χ0n) is 7.74. The molecule has 0 aliphatic carbocycles. The van der Waals surface area contributed by atoms with Gasteiger partial charge in [-0.3, -0.25) is 0 Å². The number of nitriles is 1. The molecule has 0 fully saturated rings. The van der Waals surface area contributed by atoms with Gasteiger partial charge in [0.05, 0.1) is 6.07 Å². The highest BCUT2D eigenvalue weighted by Gasteiger charge is 1.98. The first kappa shape index (κ1) is 9.82. The maximum absolute atomic E-state index is 8.39. The largest absolute Gasteiger partial charge is 0.351 e.